The zero-order valence-electron chi connectivity index (χ0n) is 11.6. The Bertz CT molecular complexity index is 522. The molecule has 0 aromatic carbocycles. The summed E-state index contributed by atoms with van der Waals surface area (Å²) < 4.78 is 5.66. The van der Waals surface area contributed by atoms with Crippen LogP contribution in [0.3, 0.4) is 0 Å². The summed E-state index contributed by atoms with van der Waals surface area (Å²) in [6.07, 6.45) is 1.75. The first kappa shape index (κ1) is 13.5. The van der Waals surface area contributed by atoms with Crippen LogP contribution >= 0.6 is 0 Å². The third-order valence-electron chi connectivity index (χ3n) is 2.55. The van der Waals surface area contributed by atoms with Crippen LogP contribution in [0.15, 0.2) is 24.4 Å². The molecule has 0 aliphatic rings. The summed E-state index contributed by atoms with van der Waals surface area (Å²) in [5.74, 6) is 1.96. The molecule has 0 aliphatic heterocycles. The second-order valence-electron chi connectivity index (χ2n) is 5.00. The standard InChI is InChI=1S/C14H20N4O/c1-10(2)8-15-9-12-7-13(4-5-16-12)19-14-6-11(3)17-18-14/h4-7,10,15H,8-9H2,1-3H3,(H,17,18). The molecule has 0 atom stereocenters. The van der Waals surface area contributed by atoms with Crippen LogP contribution in [0.5, 0.6) is 11.6 Å². The van der Waals surface area contributed by atoms with Gasteiger partial charge in [-0.05, 0) is 25.5 Å². The molecule has 102 valence electrons. The molecular formula is C14H20N4O. The van der Waals surface area contributed by atoms with Gasteiger partial charge in [0.2, 0.25) is 5.88 Å². The molecule has 0 saturated carbocycles. The summed E-state index contributed by atoms with van der Waals surface area (Å²) in [7, 11) is 0. The maximum absolute atomic E-state index is 5.66. The highest BCUT2D eigenvalue weighted by molar-refractivity contribution is 5.27. The SMILES string of the molecule is Cc1cc(Oc2ccnc(CNCC(C)C)c2)n[nH]1. The largest absolute Gasteiger partial charge is 0.437 e. The van der Waals surface area contributed by atoms with Gasteiger partial charge in [-0.15, -0.1) is 5.10 Å². The normalized spacial score (nSPS) is 10.9. The number of nitrogens with one attached hydrogen (secondary N) is 2. The molecule has 0 fully saturated rings. The Morgan fingerprint density at radius 3 is 2.89 bits per heavy atom. The summed E-state index contributed by atoms with van der Waals surface area (Å²) in [6, 6.07) is 5.62. The Morgan fingerprint density at radius 1 is 1.37 bits per heavy atom. The van der Waals surface area contributed by atoms with Gasteiger partial charge in [-0.1, -0.05) is 13.8 Å². The molecule has 5 heteroatoms. The van der Waals surface area contributed by atoms with E-state index in [4.69, 9.17) is 4.74 Å². The van der Waals surface area contributed by atoms with Crippen molar-refractivity contribution in [2.75, 3.05) is 6.54 Å². The molecule has 5 nitrogen and oxygen atoms in total. The minimum absolute atomic E-state index is 0.574. The first-order valence-electron chi connectivity index (χ1n) is 6.49. The lowest BCUT2D eigenvalue weighted by Crippen LogP contribution is -2.19. The molecule has 0 saturated heterocycles. The fourth-order valence-corrected chi connectivity index (χ4v) is 1.67. The van der Waals surface area contributed by atoms with Crippen LogP contribution in [0.1, 0.15) is 25.2 Å². The summed E-state index contributed by atoms with van der Waals surface area (Å²) in [4.78, 5) is 4.31. The van der Waals surface area contributed by atoms with Crippen LogP contribution in [-0.4, -0.2) is 21.7 Å². The third kappa shape index (κ3) is 4.37. The zero-order valence-corrected chi connectivity index (χ0v) is 11.6. The number of aryl methyl sites for hydroxylation is 1. The van der Waals surface area contributed by atoms with Crippen LogP contribution in [-0.2, 0) is 6.54 Å². The van der Waals surface area contributed by atoms with Gasteiger partial charge in [0.05, 0.1) is 5.69 Å². The third-order valence-corrected chi connectivity index (χ3v) is 2.55. The van der Waals surface area contributed by atoms with E-state index in [0.717, 1.165) is 30.2 Å². The van der Waals surface area contributed by atoms with Crippen LogP contribution in [0, 0.1) is 12.8 Å². The van der Waals surface area contributed by atoms with Crippen molar-refractivity contribution in [2.24, 2.45) is 5.92 Å². The topological polar surface area (TPSA) is 62.8 Å². The Labute approximate surface area is 113 Å². The molecule has 2 aromatic heterocycles. The average molecular weight is 260 g/mol. The smallest absolute Gasteiger partial charge is 0.238 e. The van der Waals surface area contributed by atoms with Crippen LogP contribution < -0.4 is 10.1 Å². The molecule has 19 heavy (non-hydrogen) atoms. The molecule has 0 unspecified atom stereocenters. The maximum Gasteiger partial charge on any atom is 0.238 e. The number of ether oxygens (including phenoxy) is 1. The van der Waals surface area contributed by atoms with Gasteiger partial charge >= 0.3 is 0 Å². The molecule has 0 bridgehead atoms. The number of hydrogen-bond donors (Lipinski definition) is 2. The molecule has 0 spiro atoms. The van der Waals surface area contributed by atoms with Gasteiger partial charge < -0.3 is 10.1 Å². The first-order chi connectivity index (χ1) is 9.13. The van der Waals surface area contributed by atoms with Crippen molar-refractivity contribution >= 4 is 0 Å². The molecule has 0 radical (unpaired) electrons. The van der Waals surface area contributed by atoms with Crippen molar-refractivity contribution in [2.45, 2.75) is 27.3 Å². The maximum atomic E-state index is 5.66. The van der Waals surface area contributed by atoms with E-state index in [1.54, 1.807) is 6.20 Å². The van der Waals surface area contributed by atoms with Gasteiger partial charge in [0, 0.05) is 30.6 Å². The van der Waals surface area contributed by atoms with Crippen molar-refractivity contribution in [3.63, 3.8) is 0 Å². The zero-order chi connectivity index (χ0) is 13.7. The highest BCUT2D eigenvalue weighted by atomic mass is 16.5. The van der Waals surface area contributed by atoms with E-state index < -0.39 is 0 Å². The van der Waals surface area contributed by atoms with Gasteiger partial charge in [0.25, 0.3) is 0 Å². The Morgan fingerprint density at radius 2 is 2.21 bits per heavy atom. The molecule has 2 aromatic rings. The van der Waals surface area contributed by atoms with Crippen molar-refractivity contribution in [1.82, 2.24) is 20.5 Å². The minimum atomic E-state index is 0.574. The Balaban J connectivity index is 1.95. The van der Waals surface area contributed by atoms with Crippen LogP contribution in [0.4, 0.5) is 0 Å². The van der Waals surface area contributed by atoms with E-state index in [2.05, 4.69) is 34.3 Å². The number of aromatic amines is 1. The fraction of sp³-hybridized carbons (Fsp3) is 0.429. The Hall–Kier alpha value is -1.88. The molecule has 2 N–H and O–H groups in total. The van der Waals surface area contributed by atoms with Gasteiger partial charge in [-0.3, -0.25) is 10.1 Å². The lowest BCUT2D eigenvalue weighted by Gasteiger charge is -2.08. The number of rotatable bonds is 6. The van der Waals surface area contributed by atoms with Gasteiger partial charge in [-0.2, -0.15) is 0 Å². The van der Waals surface area contributed by atoms with Gasteiger partial charge in [0.1, 0.15) is 5.75 Å². The van der Waals surface area contributed by atoms with E-state index in [1.165, 1.54) is 0 Å². The van der Waals surface area contributed by atoms with Crippen LogP contribution in [0.2, 0.25) is 0 Å². The van der Waals surface area contributed by atoms with E-state index in [1.807, 2.05) is 25.1 Å². The summed E-state index contributed by atoms with van der Waals surface area (Å²) in [5, 5.41) is 10.2. The highest BCUT2D eigenvalue weighted by Crippen LogP contribution is 2.19. The number of hydrogen-bond acceptors (Lipinski definition) is 4. The summed E-state index contributed by atoms with van der Waals surface area (Å²) >= 11 is 0. The van der Waals surface area contributed by atoms with E-state index >= 15 is 0 Å². The lowest BCUT2D eigenvalue weighted by atomic mass is 10.2. The molecule has 0 aliphatic carbocycles. The van der Waals surface area contributed by atoms with Gasteiger partial charge in [0.15, 0.2) is 0 Å². The van der Waals surface area contributed by atoms with Crippen molar-refractivity contribution in [1.29, 1.82) is 0 Å². The van der Waals surface area contributed by atoms with E-state index in [9.17, 15) is 0 Å². The average Bonchev–Trinajstić information content (AvgIpc) is 2.75. The van der Waals surface area contributed by atoms with E-state index in [0.29, 0.717) is 11.8 Å². The monoisotopic (exact) mass is 260 g/mol. The number of nitrogens with zero attached hydrogens (tertiary/aromatic N) is 2. The summed E-state index contributed by atoms with van der Waals surface area (Å²) in [5.41, 5.74) is 1.94. The molecule has 0 amide bonds. The molecule has 2 rings (SSSR count). The lowest BCUT2D eigenvalue weighted by molar-refractivity contribution is 0.459. The van der Waals surface area contributed by atoms with Crippen molar-refractivity contribution < 1.29 is 4.74 Å². The van der Waals surface area contributed by atoms with Crippen molar-refractivity contribution in [3.05, 3.63) is 35.8 Å². The van der Waals surface area contributed by atoms with Crippen molar-refractivity contribution in [3.8, 4) is 11.6 Å². The predicted octanol–water partition coefficient (Wildman–Crippen LogP) is 2.65. The van der Waals surface area contributed by atoms with Crippen LogP contribution in [0.25, 0.3) is 0 Å². The predicted molar refractivity (Wildman–Crippen MR) is 74.2 cm³/mol. The minimum Gasteiger partial charge on any atom is -0.437 e. The van der Waals surface area contributed by atoms with E-state index in [-0.39, 0.29) is 0 Å². The number of pyridine rings is 1. The second-order valence-corrected chi connectivity index (χ2v) is 5.00. The quantitative estimate of drug-likeness (QED) is 0.838. The number of H-pyrrole nitrogens is 1. The summed E-state index contributed by atoms with van der Waals surface area (Å²) in [6.45, 7) is 8.02. The fourth-order valence-electron chi connectivity index (χ4n) is 1.67. The number of aromatic nitrogens is 3. The van der Waals surface area contributed by atoms with Gasteiger partial charge in [-0.25, -0.2) is 0 Å². The molecular weight excluding hydrogens is 240 g/mol. The Kier molecular flexibility index (Phi) is 4.52. The first-order valence-corrected chi connectivity index (χ1v) is 6.49. The highest BCUT2D eigenvalue weighted by Gasteiger charge is 2.03. The second kappa shape index (κ2) is 6.33. The molecule has 2 heterocycles.